The second-order valence-electron chi connectivity index (χ2n) is 9.13. The standard InChI is InChI=1S/C28H32N2O4S/c1-18(35-23-14-15-24(33-5)25(17-23)34-6)26(31)29-21-8-7-9-22(16-21)30-27(32)19-10-12-20(13-11-19)28(2,3)4/h7-18H,1-6H3,(H,29,31)(H,30,32)/t18-/m1/s1. The predicted octanol–water partition coefficient (Wildman–Crippen LogP) is 6.37. The molecule has 0 saturated carbocycles. The summed E-state index contributed by atoms with van der Waals surface area (Å²) in [6.45, 7) is 8.24. The number of nitrogens with one attached hydrogen (secondary N) is 2. The van der Waals surface area contributed by atoms with Crippen molar-refractivity contribution in [1.29, 1.82) is 0 Å². The van der Waals surface area contributed by atoms with Crippen LogP contribution in [-0.2, 0) is 10.2 Å². The van der Waals surface area contributed by atoms with Crippen LogP contribution in [0.2, 0.25) is 0 Å². The third-order valence-electron chi connectivity index (χ3n) is 5.44. The van der Waals surface area contributed by atoms with Crippen molar-refractivity contribution in [1.82, 2.24) is 0 Å². The van der Waals surface area contributed by atoms with E-state index in [-0.39, 0.29) is 22.5 Å². The average Bonchev–Trinajstić information content (AvgIpc) is 2.83. The molecule has 2 amide bonds. The van der Waals surface area contributed by atoms with E-state index in [9.17, 15) is 9.59 Å². The lowest BCUT2D eigenvalue weighted by Crippen LogP contribution is -2.22. The van der Waals surface area contributed by atoms with Crippen molar-refractivity contribution in [3.63, 3.8) is 0 Å². The van der Waals surface area contributed by atoms with Gasteiger partial charge in [0.1, 0.15) is 0 Å². The van der Waals surface area contributed by atoms with Gasteiger partial charge in [0.05, 0.1) is 19.5 Å². The highest BCUT2D eigenvalue weighted by Crippen LogP contribution is 2.34. The van der Waals surface area contributed by atoms with Crippen molar-refractivity contribution < 1.29 is 19.1 Å². The second-order valence-corrected chi connectivity index (χ2v) is 10.5. The first kappa shape index (κ1) is 26.2. The van der Waals surface area contributed by atoms with Gasteiger partial charge in [0.15, 0.2) is 11.5 Å². The zero-order valence-corrected chi connectivity index (χ0v) is 21.8. The first-order chi connectivity index (χ1) is 16.6. The number of carbonyl (C=O) groups is 2. The Morgan fingerprint density at radius 3 is 2.06 bits per heavy atom. The molecule has 0 saturated heterocycles. The largest absolute Gasteiger partial charge is 0.493 e. The molecule has 2 N–H and O–H groups in total. The van der Waals surface area contributed by atoms with Crippen molar-refractivity contribution in [3.8, 4) is 11.5 Å². The monoisotopic (exact) mass is 492 g/mol. The molecule has 0 aliphatic carbocycles. The molecule has 3 aromatic carbocycles. The average molecular weight is 493 g/mol. The topological polar surface area (TPSA) is 76.7 Å². The number of hydrogen-bond acceptors (Lipinski definition) is 5. The Balaban J connectivity index is 1.62. The fourth-order valence-corrected chi connectivity index (χ4v) is 4.29. The van der Waals surface area contributed by atoms with E-state index in [2.05, 4.69) is 31.4 Å². The van der Waals surface area contributed by atoms with Crippen LogP contribution >= 0.6 is 11.8 Å². The number of carbonyl (C=O) groups excluding carboxylic acids is 2. The molecule has 7 heteroatoms. The third-order valence-corrected chi connectivity index (χ3v) is 6.53. The summed E-state index contributed by atoms with van der Waals surface area (Å²) >= 11 is 1.42. The Hall–Kier alpha value is -3.45. The van der Waals surface area contributed by atoms with E-state index >= 15 is 0 Å². The van der Waals surface area contributed by atoms with Crippen LogP contribution in [0, 0.1) is 0 Å². The van der Waals surface area contributed by atoms with Gasteiger partial charge < -0.3 is 20.1 Å². The minimum atomic E-state index is -0.354. The van der Waals surface area contributed by atoms with E-state index in [1.807, 2.05) is 49.4 Å². The van der Waals surface area contributed by atoms with E-state index in [4.69, 9.17) is 9.47 Å². The smallest absolute Gasteiger partial charge is 0.255 e. The molecule has 0 heterocycles. The Morgan fingerprint density at radius 1 is 0.829 bits per heavy atom. The summed E-state index contributed by atoms with van der Waals surface area (Å²) in [6, 6.07) is 20.3. The number of rotatable bonds is 8. The van der Waals surface area contributed by atoms with E-state index < -0.39 is 0 Å². The van der Waals surface area contributed by atoms with Gasteiger partial charge >= 0.3 is 0 Å². The maximum Gasteiger partial charge on any atom is 0.255 e. The van der Waals surface area contributed by atoms with Gasteiger partial charge in [-0.2, -0.15) is 0 Å². The van der Waals surface area contributed by atoms with E-state index in [0.29, 0.717) is 28.4 Å². The number of anilines is 2. The SMILES string of the molecule is COc1ccc(S[C@H](C)C(=O)Nc2cccc(NC(=O)c3ccc(C(C)(C)C)cc3)c2)cc1OC. The molecule has 1 atom stereocenters. The Labute approximate surface area is 211 Å². The van der Waals surface area contributed by atoms with Crippen LogP contribution in [0.4, 0.5) is 11.4 Å². The normalized spacial score (nSPS) is 11.9. The van der Waals surface area contributed by atoms with Crippen molar-refractivity contribution in [3.05, 3.63) is 77.9 Å². The summed E-state index contributed by atoms with van der Waals surface area (Å²) in [5.74, 6) is 0.900. The first-order valence-electron chi connectivity index (χ1n) is 11.3. The number of amides is 2. The van der Waals surface area contributed by atoms with Gasteiger partial charge in [-0.3, -0.25) is 9.59 Å². The molecule has 0 bridgehead atoms. The first-order valence-corrected chi connectivity index (χ1v) is 12.2. The van der Waals surface area contributed by atoms with Gasteiger partial charge in [-0.15, -0.1) is 11.8 Å². The predicted molar refractivity (Wildman–Crippen MR) is 143 cm³/mol. The van der Waals surface area contributed by atoms with Crippen LogP contribution in [0.3, 0.4) is 0 Å². The third kappa shape index (κ3) is 7.02. The quantitative estimate of drug-likeness (QED) is 0.357. The summed E-state index contributed by atoms with van der Waals surface area (Å²) in [5.41, 5.74) is 2.98. The van der Waals surface area contributed by atoms with Gasteiger partial charge in [0.25, 0.3) is 5.91 Å². The van der Waals surface area contributed by atoms with Gasteiger partial charge in [0.2, 0.25) is 5.91 Å². The Bertz CT molecular complexity index is 1190. The molecular formula is C28H32N2O4S. The molecule has 0 aliphatic heterocycles. The zero-order chi connectivity index (χ0) is 25.6. The molecule has 0 unspecified atom stereocenters. The molecule has 6 nitrogen and oxygen atoms in total. The number of methoxy groups -OCH3 is 2. The lowest BCUT2D eigenvalue weighted by Gasteiger charge is -2.19. The van der Waals surface area contributed by atoms with Gasteiger partial charge in [0, 0.05) is 21.8 Å². The summed E-state index contributed by atoms with van der Waals surface area (Å²) in [5, 5.41) is 5.47. The van der Waals surface area contributed by atoms with Gasteiger partial charge in [-0.1, -0.05) is 39.0 Å². The van der Waals surface area contributed by atoms with Crippen LogP contribution in [0.5, 0.6) is 11.5 Å². The molecule has 3 aromatic rings. The summed E-state index contributed by atoms with van der Waals surface area (Å²) < 4.78 is 10.6. The molecule has 0 aromatic heterocycles. The second kappa shape index (κ2) is 11.3. The molecule has 0 fully saturated rings. The number of ether oxygens (including phenoxy) is 2. The molecule has 0 aliphatic rings. The summed E-state index contributed by atoms with van der Waals surface area (Å²) in [4.78, 5) is 26.4. The van der Waals surface area contributed by atoms with Crippen molar-refractivity contribution in [2.24, 2.45) is 0 Å². The molecule has 3 rings (SSSR count). The molecule has 0 spiro atoms. The number of hydrogen-bond donors (Lipinski definition) is 2. The highest BCUT2D eigenvalue weighted by Gasteiger charge is 2.17. The van der Waals surface area contributed by atoms with Crippen molar-refractivity contribution in [2.45, 2.75) is 43.3 Å². The van der Waals surface area contributed by atoms with Gasteiger partial charge in [-0.25, -0.2) is 0 Å². The van der Waals surface area contributed by atoms with Crippen LogP contribution in [-0.4, -0.2) is 31.3 Å². The highest BCUT2D eigenvalue weighted by atomic mass is 32.2. The Morgan fingerprint density at radius 2 is 1.46 bits per heavy atom. The molecular weight excluding hydrogens is 460 g/mol. The van der Waals surface area contributed by atoms with E-state index in [1.54, 1.807) is 38.5 Å². The van der Waals surface area contributed by atoms with E-state index in [0.717, 1.165) is 4.90 Å². The maximum absolute atomic E-state index is 12.8. The fourth-order valence-electron chi connectivity index (χ4n) is 3.39. The molecule has 35 heavy (non-hydrogen) atoms. The van der Waals surface area contributed by atoms with Crippen molar-refractivity contribution in [2.75, 3.05) is 24.9 Å². The summed E-state index contributed by atoms with van der Waals surface area (Å²) in [6.07, 6.45) is 0. The van der Waals surface area contributed by atoms with Crippen LogP contribution in [0.15, 0.2) is 71.6 Å². The van der Waals surface area contributed by atoms with Crippen LogP contribution in [0.1, 0.15) is 43.6 Å². The maximum atomic E-state index is 12.8. The minimum Gasteiger partial charge on any atom is -0.493 e. The number of benzene rings is 3. The van der Waals surface area contributed by atoms with E-state index in [1.165, 1.54) is 17.3 Å². The van der Waals surface area contributed by atoms with Gasteiger partial charge in [-0.05, 0) is 66.4 Å². The zero-order valence-electron chi connectivity index (χ0n) is 21.0. The lowest BCUT2D eigenvalue weighted by molar-refractivity contribution is -0.115. The Kier molecular flexibility index (Phi) is 8.46. The number of thioether (sulfide) groups is 1. The van der Waals surface area contributed by atoms with Crippen LogP contribution < -0.4 is 20.1 Å². The highest BCUT2D eigenvalue weighted by molar-refractivity contribution is 8.00. The lowest BCUT2D eigenvalue weighted by atomic mass is 9.87. The molecule has 184 valence electrons. The van der Waals surface area contributed by atoms with Crippen LogP contribution in [0.25, 0.3) is 0 Å². The summed E-state index contributed by atoms with van der Waals surface area (Å²) in [7, 11) is 3.16. The minimum absolute atomic E-state index is 0.0242. The van der Waals surface area contributed by atoms with Crippen molar-refractivity contribution >= 4 is 35.0 Å². The fraction of sp³-hybridized carbons (Fsp3) is 0.286. The molecule has 0 radical (unpaired) electrons.